The lowest BCUT2D eigenvalue weighted by atomic mass is 9.97. The number of aryl methyl sites for hydroxylation is 2. The van der Waals surface area contributed by atoms with Crippen LogP contribution in [0.4, 0.5) is 4.39 Å². The number of halogens is 1. The predicted octanol–water partition coefficient (Wildman–Crippen LogP) is 4.06. The van der Waals surface area contributed by atoms with Crippen LogP contribution < -0.4 is 0 Å². The molecule has 0 aliphatic carbocycles. The molecule has 0 radical (unpaired) electrons. The minimum atomic E-state index is -3.53. The van der Waals surface area contributed by atoms with Crippen molar-refractivity contribution in [2.45, 2.75) is 37.5 Å². The molecule has 4 rings (SSSR count). The summed E-state index contributed by atoms with van der Waals surface area (Å²) in [6.07, 6.45) is 1.24. The monoisotopic (exact) mass is 415 g/mol. The highest BCUT2D eigenvalue weighted by atomic mass is 32.2. The topological polar surface area (TPSA) is 76.3 Å². The smallest absolute Gasteiger partial charge is 0.257 e. The summed E-state index contributed by atoms with van der Waals surface area (Å²) < 4.78 is 46.1. The van der Waals surface area contributed by atoms with Gasteiger partial charge in [-0.2, -0.15) is 9.29 Å². The summed E-state index contributed by atoms with van der Waals surface area (Å²) in [5, 5.41) is 4.06. The number of piperidine rings is 1. The molecular formula is C21H22FN3O3S. The third-order valence-electron chi connectivity index (χ3n) is 5.31. The first-order valence-corrected chi connectivity index (χ1v) is 11.0. The highest BCUT2D eigenvalue weighted by Gasteiger charge is 2.32. The van der Waals surface area contributed by atoms with Crippen molar-refractivity contribution in [3.63, 3.8) is 0 Å². The minimum Gasteiger partial charge on any atom is -0.334 e. The molecule has 1 saturated heterocycles. The van der Waals surface area contributed by atoms with E-state index in [2.05, 4.69) is 10.1 Å². The molecule has 6 nitrogen and oxygen atoms in total. The van der Waals surface area contributed by atoms with Crippen LogP contribution >= 0.6 is 0 Å². The third kappa shape index (κ3) is 3.95. The first-order chi connectivity index (χ1) is 13.8. The standard InChI is InChI=1S/C21H22FN3O3S/c1-14-3-4-15(2)19(13-14)29(26,27)25-11-9-16(10-12-25)20-23-21(28-24-20)17-5-7-18(22)8-6-17/h3-8,13,16H,9-12H2,1-2H3. The number of benzene rings is 2. The second-order valence-corrected chi connectivity index (χ2v) is 9.32. The minimum absolute atomic E-state index is 0.0259. The zero-order chi connectivity index (χ0) is 20.6. The quantitative estimate of drug-likeness (QED) is 0.642. The van der Waals surface area contributed by atoms with Gasteiger partial charge in [0.2, 0.25) is 10.0 Å². The molecule has 1 aliphatic heterocycles. The average molecular weight is 415 g/mol. The Hall–Kier alpha value is -2.58. The maximum absolute atomic E-state index is 13.1. The lowest BCUT2D eigenvalue weighted by Gasteiger charge is -2.30. The Morgan fingerprint density at radius 2 is 1.76 bits per heavy atom. The van der Waals surface area contributed by atoms with E-state index in [1.807, 2.05) is 26.0 Å². The summed E-state index contributed by atoms with van der Waals surface area (Å²) in [5.41, 5.74) is 2.32. The summed E-state index contributed by atoms with van der Waals surface area (Å²) in [6.45, 7) is 4.51. The molecule has 1 fully saturated rings. The molecule has 3 aromatic rings. The molecule has 0 N–H and O–H groups in total. The van der Waals surface area contributed by atoms with Crippen LogP contribution in [0.3, 0.4) is 0 Å². The number of aromatic nitrogens is 2. The van der Waals surface area contributed by atoms with Gasteiger partial charge in [0.1, 0.15) is 5.82 Å². The van der Waals surface area contributed by atoms with Crippen LogP contribution in [0.25, 0.3) is 11.5 Å². The Bertz CT molecular complexity index is 1120. The van der Waals surface area contributed by atoms with E-state index in [-0.39, 0.29) is 11.7 Å². The van der Waals surface area contributed by atoms with Crippen molar-refractivity contribution in [1.29, 1.82) is 0 Å². The van der Waals surface area contributed by atoms with Gasteiger partial charge in [-0.3, -0.25) is 0 Å². The maximum atomic E-state index is 13.1. The second-order valence-electron chi connectivity index (χ2n) is 7.41. The molecule has 1 aliphatic rings. The summed E-state index contributed by atoms with van der Waals surface area (Å²) in [5.74, 6) is 0.600. The van der Waals surface area contributed by atoms with Crippen molar-refractivity contribution in [1.82, 2.24) is 14.4 Å². The van der Waals surface area contributed by atoms with E-state index >= 15 is 0 Å². The highest BCUT2D eigenvalue weighted by molar-refractivity contribution is 7.89. The zero-order valence-electron chi connectivity index (χ0n) is 16.3. The fourth-order valence-electron chi connectivity index (χ4n) is 3.59. The Balaban J connectivity index is 1.47. The summed E-state index contributed by atoms with van der Waals surface area (Å²) in [7, 11) is -3.53. The first-order valence-electron chi connectivity index (χ1n) is 9.51. The van der Waals surface area contributed by atoms with Crippen molar-refractivity contribution in [2.75, 3.05) is 13.1 Å². The van der Waals surface area contributed by atoms with Crippen molar-refractivity contribution in [3.8, 4) is 11.5 Å². The van der Waals surface area contributed by atoms with E-state index in [0.29, 0.717) is 48.1 Å². The van der Waals surface area contributed by atoms with Gasteiger partial charge in [0, 0.05) is 24.6 Å². The molecule has 2 heterocycles. The van der Waals surface area contributed by atoms with Gasteiger partial charge in [-0.05, 0) is 68.1 Å². The Morgan fingerprint density at radius 1 is 1.07 bits per heavy atom. The average Bonchev–Trinajstić information content (AvgIpc) is 3.20. The molecule has 0 atom stereocenters. The number of rotatable bonds is 4. The van der Waals surface area contributed by atoms with Crippen LogP contribution in [-0.2, 0) is 10.0 Å². The normalized spacial score (nSPS) is 16.2. The largest absolute Gasteiger partial charge is 0.334 e. The van der Waals surface area contributed by atoms with Crippen molar-refractivity contribution >= 4 is 10.0 Å². The van der Waals surface area contributed by atoms with Gasteiger partial charge in [-0.25, -0.2) is 12.8 Å². The lowest BCUT2D eigenvalue weighted by molar-refractivity contribution is 0.307. The fraction of sp³-hybridized carbons (Fsp3) is 0.333. The first kappa shape index (κ1) is 19.7. The van der Waals surface area contributed by atoms with Crippen LogP contribution in [-0.4, -0.2) is 36.0 Å². The zero-order valence-corrected chi connectivity index (χ0v) is 17.1. The van der Waals surface area contributed by atoms with E-state index in [1.165, 1.54) is 16.4 Å². The molecule has 8 heteroatoms. The number of hydrogen-bond donors (Lipinski definition) is 0. The number of sulfonamides is 1. The van der Waals surface area contributed by atoms with Crippen molar-refractivity contribution in [3.05, 3.63) is 65.2 Å². The van der Waals surface area contributed by atoms with Crippen LogP contribution in [0.2, 0.25) is 0 Å². The SMILES string of the molecule is Cc1ccc(C)c(S(=O)(=O)N2CCC(c3noc(-c4ccc(F)cc4)n3)CC2)c1. The van der Waals surface area contributed by atoms with Crippen molar-refractivity contribution in [2.24, 2.45) is 0 Å². The van der Waals surface area contributed by atoms with Gasteiger partial charge < -0.3 is 4.52 Å². The van der Waals surface area contributed by atoms with Crippen LogP contribution in [0.15, 0.2) is 51.9 Å². The van der Waals surface area contributed by atoms with E-state index in [1.54, 1.807) is 18.2 Å². The molecule has 0 unspecified atom stereocenters. The Labute approximate surface area is 169 Å². The van der Waals surface area contributed by atoms with Crippen molar-refractivity contribution < 1.29 is 17.3 Å². The van der Waals surface area contributed by atoms with Gasteiger partial charge in [0.05, 0.1) is 4.90 Å². The number of nitrogens with zero attached hydrogens (tertiary/aromatic N) is 3. The van der Waals surface area contributed by atoms with Gasteiger partial charge in [-0.15, -0.1) is 0 Å². The second kappa shape index (κ2) is 7.68. The molecule has 29 heavy (non-hydrogen) atoms. The molecule has 0 spiro atoms. The van der Waals surface area contributed by atoms with Crippen LogP contribution in [0, 0.1) is 19.7 Å². The maximum Gasteiger partial charge on any atom is 0.257 e. The van der Waals surface area contributed by atoms with E-state index in [0.717, 1.165) is 11.1 Å². The fourth-order valence-corrected chi connectivity index (χ4v) is 5.37. The molecule has 152 valence electrons. The molecule has 0 saturated carbocycles. The van der Waals surface area contributed by atoms with Crippen LogP contribution in [0.1, 0.15) is 35.7 Å². The lowest BCUT2D eigenvalue weighted by Crippen LogP contribution is -2.38. The molecule has 0 bridgehead atoms. The third-order valence-corrected chi connectivity index (χ3v) is 7.35. The predicted molar refractivity (Wildman–Crippen MR) is 106 cm³/mol. The molecular weight excluding hydrogens is 393 g/mol. The van der Waals surface area contributed by atoms with Gasteiger partial charge in [0.15, 0.2) is 5.82 Å². The Kier molecular flexibility index (Phi) is 5.23. The highest BCUT2D eigenvalue weighted by Crippen LogP contribution is 2.31. The summed E-state index contributed by atoms with van der Waals surface area (Å²) in [4.78, 5) is 4.81. The van der Waals surface area contributed by atoms with Gasteiger partial charge >= 0.3 is 0 Å². The number of hydrogen-bond acceptors (Lipinski definition) is 5. The molecule has 1 aromatic heterocycles. The molecule has 0 amide bonds. The Morgan fingerprint density at radius 3 is 2.45 bits per heavy atom. The van der Waals surface area contributed by atoms with E-state index in [4.69, 9.17) is 4.52 Å². The van der Waals surface area contributed by atoms with Gasteiger partial charge in [0.25, 0.3) is 5.89 Å². The van der Waals surface area contributed by atoms with E-state index < -0.39 is 10.0 Å². The van der Waals surface area contributed by atoms with E-state index in [9.17, 15) is 12.8 Å². The summed E-state index contributed by atoms with van der Waals surface area (Å²) >= 11 is 0. The molecule has 2 aromatic carbocycles. The summed E-state index contributed by atoms with van der Waals surface area (Å²) in [6, 6.07) is 11.3. The van der Waals surface area contributed by atoms with Gasteiger partial charge in [-0.1, -0.05) is 17.3 Å². The van der Waals surface area contributed by atoms with Crippen LogP contribution in [0.5, 0.6) is 0 Å².